The third-order valence-corrected chi connectivity index (χ3v) is 3.96. The van der Waals surface area contributed by atoms with E-state index in [1.165, 1.54) is 7.11 Å². The van der Waals surface area contributed by atoms with E-state index < -0.39 is 5.97 Å². The molecular weight excluding hydrogens is 286 g/mol. The van der Waals surface area contributed by atoms with E-state index in [0.29, 0.717) is 35.0 Å². The number of anilines is 1. The number of halogens is 1. The predicted molar refractivity (Wildman–Crippen MR) is 77.1 cm³/mol. The summed E-state index contributed by atoms with van der Waals surface area (Å²) in [5.74, 6) is 0.420. The fourth-order valence-corrected chi connectivity index (χ4v) is 2.57. The van der Waals surface area contributed by atoms with Gasteiger partial charge in [0.15, 0.2) is 0 Å². The first-order chi connectivity index (χ1) is 9.06. The first kappa shape index (κ1) is 14.2. The number of hydrogen-bond acceptors (Lipinski definition) is 4. The smallest absolute Gasteiger partial charge is 0.337 e. The summed E-state index contributed by atoms with van der Waals surface area (Å²) >= 11 is 10.3. The van der Waals surface area contributed by atoms with Crippen molar-refractivity contribution in [3.05, 3.63) is 28.8 Å². The Morgan fingerprint density at radius 1 is 1.58 bits per heavy atom. The van der Waals surface area contributed by atoms with Gasteiger partial charge in [0, 0.05) is 13.0 Å². The van der Waals surface area contributed by atoms with Crippen LogP contribution >= 0.6 is 24.2 Å². The highest BCUT2D eigenvalue weighted by Crippen LogP contribution is 2.32. The van der Waals surface area contributed by atoms with Gasteiger partial charge in [-0.3, -0.25) is 4.79 Å². The average molecular weight is 300 g/mol. The number of nitrogens with zero attached hydrogens (tertiary/aromatic N) is 1. The van der Waals surface area contributed by atoms with E-state index in [1.54, 1.807) is 23.1 Å². The number of methoxy groups -OCH3 is 1. The summed E-state index contributed by atoms with van der Waals surface area (Å²) in [6.45, 7) is 0.576. The number of ether oxygens (including phenoxy) is 1. The highest BCUT2D eigenvalue weighted by molar-refractivity contribution is 7.80. The van der Waals surface area contributed by atoms with Crippen molar-refractivity contribution in [3.8, 4) is 0 Å². The molecule has 1 amide bonds. The summed E-state index contributed by atoms with van der Waals surface area (Å²) in [5.41, 5.74) is 0.933. The molecule has 1 aromatic carbocycles. The number of carbonyl (C=O) groups excluding carboxylic acids is 2. The van der Waals surface area contributed by atoms with E-state index in [9.17, 15) is 9.59 Å². The van der Waals surface area contributed by atoms with E-state index in [1.807, 2.05) is 0 Å². The molecule has 2 rings (SSSR count). The van der Waals surface area contributed by atoms with Crippen LogP contribution < -0.4 is 4.90 Å². The van der Waals surface area contributed by atoms with E-state index >= 15 is 0 Å². The highest BCUT2D eigenvalue weighted by atomic mass is 35.5. The standard InChI is InChI=1S/C13H14ClNO3S/c1-18-13(17)9-2-3-10(14)11(5-9)15-6-8(7-19)4-12(15)16/h2-3,5,8,19H,4,6-7H2,1H3. The molecule has 1 unspecified atom stereocenters. The Balaban J connectivity index is 2.34. The maximum Gasteiger partial charge on any atom is 0.337 e. The SMILES string of the molecule is COC(=O)c1ccc(Cl)c(N2CC(CS)CC2=O)c1. The van der Waals surface area contributed by atoms with Crippen molar-refractivity contribution >= 4 is 41.8 Å². The van der Waals surface area contributed by atoms with E-state index in [0.717, 1.165) is 0 Å². The minimum Gasteiger partial charge on any atom is -0.465 e. The molecule has 1 aliphatic rings. The Hall–Kier alpha value is -1.20. The van der Waals surface area contributed by atoms with Crippen LogP contribution in [0.15, 0.2) is 18.2 Å². The summed E-state index contributed by atoms with van der Waals surface area (Å²) in [7, 11) is 1.31. The monoisotopic (exact) mass is 299 g/mol. The first-order valence-corrected chi connectivity index (χ1v) is 6.87. The van der Waals surface area contributed by atoms with Gasteiger partial charge < -0.3 is 9.64 Å². The number of amides is 1. The van der Waals surface area contributed by atoms with Crippen LogP contribution in [0.1, 0.15) is 16.8 Å². The van der Waals surface area contributed by atoms with Crippen LogP contribution in [0.3, 0.4) is 0 Å². The molecular formula is C13H14ClNO3S. The summed E-state index contributed by atoms with van der Waals surface area (Å²) in [6.07, 6.45) is 0.461. The largest absolute Gasteiger partial charge is 0.465 e. The Labute approximate surface area is 122 Å². The van der Waals surface area contributed by atoms with Crippen molar-refractivity contribution < 1.29 is 14.3 Å². The van der Waals surface area contributed by atoms with Gasteiger partial charge in [-0.2, -0.15) is 12.6 Å². The number of carbonyl (C=O) groups is 2. The maximum atomic E-state index is 12.0. The number of rotatable bonds is 3. The lowest BCUT2D eigenvalue weighted by atomic mass is 10.1. The van der Waals surface area contributed by atoms with E-state index in [2.05, 4.69) is 17.4 Å². The number of esters is 1. The maximum absolute atomic E-state index is 12.0. The van der Waals surface area contributed by atoms with Gasteiger partial charge >= 0.3 is 5.97 Å². The Kier molecular flexibility index (Phi) is 4.37. The lowest BCUT2D eigenvalue weighted by Gasteiger charge is -2.18. The van der Waals surface area contributed by atoms with Crippen molar-refractivity contribution in [3.63, 3.8) is 0 Å². The Morgan fingerprint density at radius 2 is 2.32 bits per heavy atom. The molecule has 19 heavy (non-hydrogen) atoms. The molecule has 0 bridgehead atoms. The molecule has 0 aliphatic carbocycles. The quantitative estimate of drug-likeness (QED) is 0.689. The van der Waals surface area contributed by atoms with Crippen LogP contribution in [0.2, 0.25) is 5.02 Å². The molecule has 1 fully saturated rings. The lowest BCUT2D eigenvalue weighted by Crippen LogP contribution is -2.25. The summed E-state index contributed by atoms with van der Waals surface area (Å²) < 4.78 is 4.67. The van der Waals surface area contributed by atoms with Gasteiger partial charge in [-0.15, -0.1) is 0 Å². The van der Waals surface area contributed by atoms with Crippen LogP contribution in [-0.2, 0) is 9.53 Å². The van der Waals surface area contributed by atoms with E-state index in [4.69, 9.17) is 11.6 Å². The summed E-state index contributed by atoms with van der Waals surface area (Å²) in [6, 6.07) is 4.77. The van der Waals surface area contributed by atoms with Crippen LogP contribution in [0.5, 0.6) is 0 Å². The lowest BCUT2D eigenvalue weighted by molar-refractivity contribution is -0.117. The van der Waals surface area contributed by atoms with Crippen molar-refractivity contribution in [1.82, 2.24) is 0 Å². The van der Waals surface area contributed by atoms with Gasteiger partial charge in [-0.25, -0.2) is 4.79 Å². The average Bonchev–Trinajstić information content (AvgIpc) is 2.79. The minimum absolute atomic E-state index is 0.00275. The zero-order chi connectivity index (χ0) is 14.0. The zero-order valence-corrected chi connectivity index (χ0v) is 12.1. The molecule has 1 saturated heterocycles. The Morgan fingerprint density at radius 3 is 2.89 bits per heavy atom. The van der Waals surface area contributed by atoms with Crippen molar-refractivity contribution in [1.29, 1.82) is 0 Å². The topological polar surface area (TPSA) is 46.6 Å². The van der Waals surface area contributed by atoms with Gasteiger partial charge in [-0.05, 0) is 29.9 Å². The second-order valence-corrected chi connectivity index (χ2v) is 5.19. The second-order valence-electron chi connectivity index (χ2n) is 4.41. The van der Waals surface area contributed by atoms with Crippen LogP contribution in [0, 0.1) is 5.92 Å². The normalized spacial score (nSPS) is 18.8. The third-order valence-electron chi connectivity index (χ3n) is 3.12. The molecule has 1 heterocycles. The van der Waals surface area contributed by atoms with Crippen molar-refractivity contribution in [2.45, 2.75) is 6.42 Å². The number of benzene rings is 1. The number of thiol groups is 1. The van der Waals surface area contributed by atoms with Gasteiger partial charge in [0.05, 0.1) is 23.4 Å². The molecule has 6 heteroatoms. The molecule has 0 radical (unpaired) electrons. The fraction of sp³-hybridized carbons (Fsp3) is 0.385. The van der Waals surface area contributed by atoms with E-state index in [-0.39, 0.29) is 11.8 Å². The zero-order valence-electron chi connectivity index (χ0n) is 10.4. The van der Waals surface area contributed by atoms with Crippen LogP contribution in [-0.4, -0.2) is 31.3 Å². The van der Waals surface area contributed by atoms with Crippen molar-refractivity contribution in [2.24, 2.45) is 5.92 Å². The molecule has 1 atom stereocenters. The summed E-state index contributed by atoms with van der Waals surface area (Å²) in [4.78, 5) is 25.1. The summed E-state index contributed by atoms with van der Waals surface area (Å²) in [5, 5.41) is 0.445. The van der Waals surface area contributed by atoms with Crippen LogP contribution in [0.4, 0.5) is 5.69 Å². The Bertz CT molecular complexity index is 521. The van der Waals surface area contributed by atoms with Gasteiger partial charge in [0.2, 0.25) is 5.91 Å². The van der Waals surface area contributed by atoms with Crippen molar-refractivity contribution in [2.75, 3.05) is 24.3 Å². The van der Waals surface area contributed by atoms with Gasteiger partial charge in [0.1, 0.15) is 0 Å². The molecule has 0 spiro atoms. The molecule has 102 valence electrons. The molecule has 1 aromatic rings. The van der Waals surface area contributed by atoms with Gasteiger partial charge in [-0.1, -0.05) is 11.6 Å². The molecule has 1 aliphatic heterocycles. The van der Waals surface area contributed by atoms with Crippen LogP contribution in [0.25, 0.3) is 0 Å². The molecule has 0 N–H and O–H groups in total. The predicted octanol–water partition coefficient (Wildman–Crippen LogP) is 2.41. The highest BCUT2D eigenvalue weighted by Gasteiger charge is 2.31. The molecule has 0 saturated carbocycles. The van der Waals surface area contributed by atoms with Gasteiger partial charge in [0.25, 0.3) is 0 Å². The fourth-order valence-electron chi connectivity index (χ4n) is 2.10. The second kappa shape index (κ2) is 5.84. The number of hydrogen-bond donors (Lipinski definition) is 1. The third kappa shape index (κ3) is 2.87. The molecule has 4 nitrogen and oxygen atoms in total. The molecule has 0 aromatic heterocycles. The first-order valence-electron chi connectivity index (χ1n) is 5.86. The minimum atomic E-state index is -0.449.